The summed E-state index contributed by atoms with van der Waals surface area (Å²) in [6.07, 6.45) is 5.84. The molecule has 2 amide bonds. The number of nitrogens with one attached hydrogen (secondary N) is 1. The molecule has 0 aliphatic carbocycles. The van der Waals surface area contributed by atoms with E-state index in [0.29, 0.717) is 49.6 Å². The van der Waals surface area contributed by atoms with Crippen LogP contribution in [0.15, 0.2) is 42.7 Å². The molecule has 2 heterocycles. The van der Waals surface area contributed by atoms with Gasteiger partial charge in [-0.1, -0.05) is 6.07 Å². The number of methoxy groups -OCH3 is 1. The number of piperidine rings is 1. The van der Waals surface area contributed by atoms with Crippen LogP contribution in [0.3, 0.4) is 0 Å². The minimum Gasteiger partial charge on any atom is -0.493 e. The lowest BCUT2D eigenvalue weighted by Gasteiger charge is -2.32. The van der Waals surface area contributed by atoms with Crippen molar-refractivity contribution in [1.29, 1.82) is 0 Å². The Labute approximate surface area is 177 Å². The third kappa shape index (κ3) is 5.72. The van der Waals surface area contributed by atoms with Crippen molar-refractivity contribution in [3.63, 3.8) is 0 Å². The van der Waals surface area contributed by atoms with Gasteiger partial charge in [-0.15, -0.1) is 0 Å². The van der Waals surface area contributed by atoms with E-state index < -0.39 is 0 Å². The molecule has 1 aromatic carbocycles. The number of hydrogen-bond acceptors (Lipinski definition) is 5. The van der Waals surface area contributed by atoms with Gasteiger partial charge in [-0.25, -0.2) is 0 Å². The normalized spacial score (nSPS) is 14.3. The third-order valence-electron chi connectivity index (χ3n) is 5.28. The van der Waals surface area contributed by atoms with Crippen molar-refractivity contribution in [2.24, 2.45) is 0 Å². The number of aryl methyl sites for hydroxylation is 1. The van der Waals surface area contributed by atoms with Gasteiger partial charge in [0, 0.05) is 43.5 Å². The van der Waals surface area contributed by atoms with E-state index in [9.17, 15) is 9.59 Å². The Morgan fingerprint density at radius 2 is 1.87 bits per heavy atom. The molecule has 0 radical (unpaired) electrons. The average molecular weight is 412 g/mol. The van der Waals surface area contributed by atoms with Crippen LogP contribution in [0.25, 0.3) is 0 Å². The van der Waals surface area contributed by atoms with Crippen LogP contribution in [-0.2, 0) is 11.2 Å². The molecule has 7 heteroatoms. The van der Waals surface area contributed by atoms with Crippen molar-refractivity contribution in [3.05, 3.63) is 53.9 Å². The molecule has 0 unspecified atom stereocenters. The Balaban J connectivity index is 1.45. The maximum absolute atomic E-state index is 12.6. The standard InChI is InChI=1S/C23H29N3O4/c1-3-30-20-6-4-17(16-21(20)29-2)5-7-22(27)26-14-10-19(11-15-26)25-23(28)18-8-12-24-13-9-18/h4,6,8-9,12-13,16,19H,3,5,7,10-11,14-15H2,1-2H3,(H,25,28). The smallest absolute Gasteiger partial charge is 0.251 e. The van der Waals surface area contributed by atoms with Gasteiger partial charge < -0.3 is 19.7 Å². The molecule has 1 aromatic heterocycles. The van der Waals surface area contributed by atoms with Gasteiger partial charge in [0.1, 0.15) is 0 Å². The Hall–Kier alpha value is -3.09. The second kappa shape index (κ2) is 10.6. The molecule has 1 aliphatic rings. The van der Waals surface area contributed by atoms with Crippen molar-refractivity contribution in [3.8, 4) is 11.5 Å². The van der Waals surface area contributed by atoms with Crippen LogP contribution in [0.2, 0.25) is 0 Å². The zero-order chi connectivity index (χ0) is 21.3. The zero-order valence-electron chi connectivity index (χ0n) is 17.6. The van der Waals surface area contributed by atoms with Gasteiger partial charge in [0.05, 0.1) is 13.7 Å². The van der Waals surface area contributed by atoms with Crippen LogP contribution in [0.4, 0.5) is 0 Å². The summed E-state index contributed by atoms with van der Waals surface area (Å²) in [6, 6.07) is 9.28. The molecule has 1 N–H and O–H groups in total. The molecule has 0 bridgehead atoms. The van der Waals surface area contributed by atoms with Crippen molar-refractivity contribution in [1.82, 2.24) is 15.2 Å². The highest BCUT2D eigenvalue weighted by Crippen LogP contribution is 2.28. The Morgan fingerprint density at radius 3 is 2.53 bits per heavy atom. The van der Waals surface area contributed by atoms with Crippen LogP contribution in [0.1, 0.15) is 42.1 Å². The first-order chi connectivity index (χ1) is 14.6. The summed E-state index contributed by atoms with van der Waals surface area (Å²) in [5.41, 5.74) is 1.65. The predicted molar refractivity (Wildman–Crippen MR) is 114 cm³/mol. The molecule has 0 spiro atoms. The summed E-state index contributed by atoms with van der Waals surface area (Å²) in [5, 5.41) is 3.05. The Morgan fingerprint density at radius 1 is 1.13 bits per heavy atom. The van der Waals surface area contributed by atoms with Crippen molar-refractivity contribution >= 4 is 11.8 Å². The first-order valence-corrected chi connectivity index (χ1v) is 10.4. The fourth-order valence-corrected chi connectivity index (χ4v) is 3.60. The number of pyridine rings is 1. The van der Waals surface area contributed by atoms with Crippen LogP contribution in [0, 0.1) is 0 Å². The molecule has 0 saturated carbocycles. The minimum atomic E-state index is -0.0911. The Bertz CT molecular complexity index is 849. The Kier molecular flexibility index (Phi) is 7.65. The van der Waals surface area contributed by atoms with Crippen molar-refractivity contribution in [2.45, 2.75) is 38.6 Å². The molecule has 3 rings (SSSR count). The molecule has 0 atom stereocenters. The maximum Gasteiger partial charge on any atom is 0.251 e. The summed E-state index contributed by atoms with van der Waals surface area (Å²) in [7, 11) is 1.62. The number of carbonyl (C=O) groups is 2. The van der Waals surface area contributed by atoms with E-state index in [4.69, 9.17) is 9.47 Å². The van der Waals surface area contributed by atoms with Gasteiger partial charge in [-0.3, -0.25) is 14.6 Å². The fraction of sp³-hybridized carbons (Fsp3) is 0.435. The van der Waals surface area contributed by atoms with Gasteiger partial charge in [-0.05, 0) is 56.0 Å². The summed E-state index contributed by atoms with van der Waals surface area (Å²) >= 11 is 0. The number of amides is 2. The number of likely N-dealkylation sites (tertiary alicyclic amines) is 1. The van der Waals surface area contributed by atoms with Gasteiger partial charge in [0.15, 0.2) is 11.5 Å². The average Bonchev–Trinajstić information content (AvgIpc) is 2.79. The van der Waals surface area contributed by atoms with Crippen LogP contribution >= 0.6 is 0 Å². The van der Waals surface area contributed by atoms with E-state index >= 15 is 0 Å². The molecule has 7 nitrogen and oxygen atoms in total. The van der Waals surface area contributed by atoms with E-state index in [2.05, 4.69) is 10.3 Å². The molecule has 1 aliphatic heterocycles. The highest BCUT2D eigenvalue weighted by Gasteiger charge is 2.24. The highest BCUT2D eigenvalue weighted by atomic mass is 16.5. The first kappa shape index (κ1) is 21.6. The SMILES string of the molecule is CCOc1ccc(CCC(=O)N2CCC(NC(=O)c3ccncc3)CC2)cc1OC. The topological polar surface area (TPSA) is 80.8 Å². The number of benzene rings is 1. The molecule has 1 fully saturated rings. The molecule has 160 valence electrons. The van der Waals surface area contributed by atoms with Gasteiger partial charge in [0.2, 0.25) is 5.91 Å². The number of ether oxygens (including phenoxy) is 2. The van der Waals surface area contributed by atoms with E-state index in [1.165, 1.54) is 0 Å². The highest BCUT2D eigenvalue weighted by molar-refractivity contribution is 5.94. The molecule has 30 heavy (non-hydrogen) atoms. The first-order valence-electron chi connectivity index (χ1n) is 10.4. The minimum absolute atomic E-state index is 0.0880. The second-order valence-electron chi connectivity index (χ2n) is 7.28. The molecule has 1 saturated heterocycles. The van der Waals surface area contributed by atoms with Crippen LogP contribution in [-0.4, -0.2) is 54.5 Å². The summed E-state index contributed by atoms with van der Waals surface area (Å²) in [6.45, 7) is 3.83. The van der Waals surface area contributed by atoms with Gasteiger partial charge >= 0.3 is 0 Å². The number of rotatable bonds is 8. The summed E-state index contributed by atoms with van der Waals surface area (Å²) in [5.74, 6) is 1.45. The number of aromatic nitrogens is 1. The quantitative estimate of drug-likeness (QED) is 0.722. The summed E-state index contributed by atoms with van der Waals surface area (Å²) in [4.78, 5) is 30.7. The van der Waals surface area contributed by atoms with Crippen molar-refractivity contribution in [2.75, 3.05) is 26.8 Å². The molecule has 2 aromatic rings. The lowest BCUT2D eigenvalue weighted by atomic mass is 10.0. The lowest BCUT2D eigenvalue weighted by molar-refractivity contribution is -0.132. The van der Waals surface area contributed by atoms with Gasteiger partial charge in [0.25, 0.3) is 5.91 Å². The predicted octanol–water partition coefficient (Wildman–Crippen LogP) is 2.84. The fourth-order valence-electron chi connectivity index (χ4n) is 3.60. The van der Waals surface area contributed by atoms with Crippen molar-refractivity contribution < 1.29 is 19.1 Å². The number of carbonyl (C=O) groups excluding carboxylic acids is 2. The third-order valence-corrected chi connectivity index (χ3v) is 5.28. The number of nitrogens with zero attached hydrogens (tertiary/aromatic N) is 2. The van der Waals surface area contributed by atoms with E-state index in [-0.39, 0.29) is 17.9 Å². The van der Waals surface area contributed by atoms with E-state index in [0.717, 1.165) is 18.4 Å². The zero-order valence-corrected chi connectivity index (χ0v) is 17.6. The largest absolute Gasteiger partial charge is 0.493 e. The molecular formula is C23H29N3O4. The van der Waals surface area contributed by atoms with Gasteiger partial charge in [-0.2, -0.15) is 0 Å². The van der Waals surface area contributed by atoms with E-state index in [1.807, 2.05) is 30.0 Å². The van der Waals surface area contributed by atoms with Crippen LogP contribution in [0.5, 0.6) is 11.5 Å². The monoisotopic (exact) mass is 411 g/mol. The maximum atomic E-state index is 12.6. The molecular weight excluding hydrogens is 382 g/mol. The lowest BCUT2D eigenvalue weighted by Crippen LogP contribution is -2.46. The summed E-state index contributed by atoms with van der Waals surface area (Å²) < 4.78 is 10.9. The second-order valence-corrected chi connectivity index (χ2v) is 7.28. The van der Waals surface area contributed by atoms with Crippen LogP contribution < -0.4 is 14.8 Å². The number of hydrogen-bond donors (Lipinski definition) is 1. The van der Waals surface area contributed by atoms with E-state index in [1.54, 1.807) is 31.6 Å².